The summed E-state index contributed by atoms with van der Waals surface area (Å²) in [5, 5.41) is 8.95. The second-order valence-electron chi connectivity index (χ2n) is 5.84. The number of ether oxygens (including phenoxy) is 1. The third-order valence-corrected chi connectivity index (χ3v) is 4.09. The lowest BCUT2D eigenvalue weighted by molar-refractivity contribution is -0.143. The van der Waals surface area contributed by atoms with E-state index in [2.05, 4.69) is 0 Å². The smallest absolute Gasteiger partial charge is 0.338 e. The highest BCUT2D eigenvalue weighted by Gasteiger charge is 2.51. The number of benzene rings is 1. The van der Waals surface area contributed by atoms with Gasteiger partial charge in [0.15, 0.2) is 5.60 Å². The van der Waals surface area contributed by atoms with Gasteiger partial charge in [0.2, 0.25) is 0 Å². The van der Waals surface area contributed by atoms with E-state index >= 15 is 0 Å². The van der Waals surface area contributed by atoms with Crippen LogP contribution in [0.5, 0.6) is 0 Å². The van der Waals surface area contributed by atoms with E-state index in [1.54, 1.807) is 0 Å². The maximum Gasteiger partial charge on any atom is 0.338 e. The maximum absolute atomic E-state index is 12.7. The zero-order chi connectivity index (χ0) is 15.1. The standard InChI is InChI=1S/C17H23FO3/c18-15-10-8-14(9-11-15)7-5-3-1-2-4-6-12-17(13-21-17)16(19)20/h8-11H,1-7,12-13H2,(H,19,20). The van der Waals surface area contributed by atoms with Crippen molar-refractivity contribution in [3.63, 3.8) is 0 Å². The lowest BCUT2D eigenvalue weighted by Crippen LogP contribution is -2.23. The molecular formula is C17H23FO3. The number of halogens is 1. The molecule has 0 amide bonds. The van der Waals surface area contributed by atoms with Crippen LogP contribution in [0.2, 0.25) is 0 Å². The van der Waals surface area contributed by atoms with Gasteiger partial charge in [-0.3, -0.25) is 0 Å². The number of aryl methyl sites for hydroxylation is 1. The van der Waals surface area contributed by atoms with Gasteiger partial charge in [0, 0.05) is 0 Å². The van der Waals surface area contributed by atoms with Crippen LogP contribution in [-0.4, -0.2) is 23.3 Å². The van der Waals surface area contributed by atoms with E-state index in [4.69, 9.17) is 9.84 Å². The highest BCUT2D eigenvalue weighted by atomic mass is 19.1. The molecule has 0 aliphatic carbocycles. The molecule has 0 spiro atoms. The number of carbonyl (C=O) groups is 1. The lowest BCUT2D eigenvalue weighted by atomic mass is 10.0. The highest BCUT2D eigenvalue weighted by molar-refractivity contribution is 5.80. The Morgan fingerprint density at radius 1 is 1.10 bits per heavy atom. The first-order valence-electron chi connectivity index (χ1n) is 7.74. The molecule has 116 valence electrons. The van der Waals surface area contributed by atoms with Gasteiger partial charge in [-0.25, -0.2) is 9.18 Å². The second kappa shape index (κ2) is 7.55. The molecule has 1 fully saturated rings. The summed E-state index contributed by atoms with van der Waals surface area (Å²) in [4.78, 5) is 10.9. The van der Waals surface area contributed by atoms with Crippen LogP contribution in [0.25, 0.3) is 0 Å². The van der Waals surface area contributed by atoms with E-state index in [-0.39, 0.29) is 5.82 Å². The summed E-state index contributed by atoms with van der Waals surface area (Å²) in [5.74, 6) is -1.00. The van der Waals surface area contributed by atoms with E-state index in [0.717, 1.165) is 38.5 Å². The number of carboxylic acids is 1. The SMILES string of the molecule is O=C(O)C1(CCCCCCCCc2ccc(F)cc2)CO1. The molecule has 1 aliphatic heterocycles. The molecule has 3 nitrogen and oxygen atoms in total. The van der Waals surface area contributed by atoms with Crippen LogP contribution in [-0.2, 0) is 16.0 Å². The van der Waals surface area contributed by atoms with Crippen molar-refractivity contribution in [2.45, 2.75) is 57.0 Å². The lowest BCUT2D eigenvalue weighted by Gasteiger charge is -2.06. The largest absolute Gasteiger partial charge is 0.479 e. The third-order valence-electron chi connectivity index (χ3n) is 4.09. The normalized spacial score (nSPS) is 20.4. The van der Waals surface area contributed by atoms with Crippen LogP contribution < -0.4 is 0 Å². The average molecular weight is 294 g/mol. The zero-order valence-corrected chi connectivity index (χ0v) is 12.3. The van der Waals surface area contributed by atoms with E-state index in [9.17, 15) is 9.18 Å². The van der Waals surface area contributed by atoms with Gasteiger partial charge >= 0.3 is 5.97 Å². The van der Waals surface area contributed by atoms with Crippen molar-refractivity contribution < 1.29 is 19.0 Å². The number of carboxylic acid groups (broad SMARTS) is 1. The summed E-state index contributed by atoms with van der Waals surface area (Å²) in [6, 6.07) is 6.70. The van der Waals surface area contributed by atoms with Crippen molar-refractivity contribution in [3.8, 4) is 0 Å². The number of rotatable bonds is 10. The van der Waals surface area contributed by atoms with Gasteiger partial charge in [0.25, 0.3) is 0 Å². The first kappa shape index (κ1) is 16.0. The summed E-state index contributed by atoms with van der Waals surface area (Å²) >= 11 is 0. The molecule has 21 heavy (non-hydrogen) atoms. The van der Waals surface area contributed by atoms with Crippen LogP contribution in [0, 0.1) is 5.82 Å². The molecule has 1 N–H and O–H groups in total. The minimum atomic E-state index is -0.845. The minimum Gasteiger partial charge on any atom is -0.479 e. The molecule has 0 saturated carbocycles. The van der Waals surface area contributed by atoms with Gasteiger partial charge < -0.3 is 9.84 Å². The summed E-state index contributed by atoms with van der Waals surface area (Å²) in [5.41, 5.74) is 0.341. The Kier molecular flexibility index (Phi) is 5.74. The number of aliphatic carboxylic acids is 1. The monoisotopic (exact) mass is 294 g/mol. The van der Waals surface area contributed by atoms with Gasteiger partial charge in [-0.15, -0.1) is 0 Å². The molecule has 1 atom stereocenters. The van der Waals surface area contributed by atoms with Crippen LogP contribution in [0.1, 0.15) is 50.5 Å². The Hall–Kier alpha value is -1.42. The minimum absolute atomic E-state index is 0.183. The molecule has 1 unspecified atom stereocenters. The Morgan fingerprint density at radius 3 is 2.24 bits per heavy atom. The Morgan fingerprint density at radius 2 is 1.67 bits per heavy atom. The molecule has 1 aromatic rings. The fraction of sp³-hybridized carbons (Fsp3) is 0.588. The number of hydrogen-bond donors (Lipinski definition) is 1. The van der Waals surface area contributed by atoms with Gasteiger partial charge in [-0.05, 0) is 43.4 Å². The summed E-state index contributed by atoms with van der Waals surface area (Å²) in [7, 11) is 0. The van der Waals surface area contributed by atoms with Crippen LogP contribution in [0.15, 0.2) is 24.3 Å². The summed E-state index contributed by atoms with van der Waals surface area (Å²) < 4.78 is 17.8. The fourth-order valence-electron chi connectivity index (χ4n) is 2.56. The fourth-order valence-corrected chi connectivity index (χ4v) is 2.56. The van der Waals surface area contributed by atoms with Crippen molar-refractivity contribution in [1.82, 2.24) is 0 Å². The van der Waals surface area contributed by atoms with Crippen LogP contribution in [0.3, 0.4) is 0 Å². The van der Waals surface area contributed by atoms with Crippen molar-refractivity contribution in [2.75, 3.05) is 6.61 Å². The van der Waals surface area contributed by atoms with E-state index in [1.165, 1.54) is 24.1 Å². The van der Waals surface area contributed by atoms with Gasteiger partial charge in [-0.2, -0.15) is 0 Å². The molecule has 1 saturated heterocycles. The zero-order valence-electron chi connectivity index (χ0n) is 12.3. The Bertz CT molecular complexity index is 452. The molecule has 4 heteroatoms. The van der Waals surface area contributed by atoms with Crippen molar-refractivity contribution >= 4 is 5.97 Å². The topological polar surface area (TPSA) is 49.8 Å². The predicted octanol–water partition coefficient (Wildman–Crippen LogP) is 3.95. The van der Waals surface area contributed by atoms with E-state index in [0.29, 0.717) is 13.0 Å². The summed E-state index contributed by atoms with van der Waals surface area (Å²) in [6.45, 7) is 0.375. The predicted molar refractivity (Wildman–Crippen MR) is 78.7 cm³/mol. The van der Waals surface area contributed by atoms with Crippen molar-refractivity contribution in [1.29, 1.82) is 0 Å². The number of epoxide rings is 1. The highest BCUT2D eigenvalue weighted by Crippen LogP contribution is 2.33. The Balaban J connectivity index is 1.45. The van der Waals surface area contributed by atoms with Crippen LogP contribution in [0.4, 0.5) is 4.39 Å². The third kappa shape index (κ3) is 5.12. The van der Waals surface area contributed by atoms with Gasteiger partial charge in [0.1, 0.15) is 5.82 Å². The molecule has 0 radical (unpaired) electrons. The van der Waals surface area contributed by atoms with Crippen molar-refractivity contribution in [3.05, 3.63) is 35.6 Å². The summed E-state index contributed by atoms with van der Waals surface area (Å²) in [6.07, 6.45) is 8.21. The molecule has 0 aromatic heterocycles. The number of hydrogen-bond acceptors (Lipinski definition) is 2. The quantitative estimate of drug-likeness (QED) is 0.525. The van der Waals surface area contributed by atoms with E-state index < -0.39 is 11.6 Å². The molecule has 1 aromatic carbocycles. The van der Waals surface area contributed by atoms with Gasteiger partial charge in [0.05, 0.1) is 6.61 Å². The second-order valence-corrected chi connectivity index (χ2v) is 5.84. The van der Waals surface area contributed by atoms with E-state index in [1.807, 2.05) is 12.1 Å². The molecular weight excluding hydrogens is 271 g/mol. The average Bonchev–Trinajstić information content (AvgIpc) is 3.25. The Labute approximate surface area is 125 Å². The van der Waals surface area contributed by atoms with Crippen LogP contribution >= 0.6 is 0 Å². The van der Waals surface area contributed by atoms with Crippen molar-refractivity contribution in [2.24, 2.45) is 0 Å². The van der Waals surface area contributed by atoms with Gasteiger partial charge in [-0.1, -0.05) is 37.8 Å². The molecule has 2 rings (SSSR count). The molecule has 1 aliphatic rings. The first-order chi connectivity index (χ1) is 10.1. The maximum atomic E-state index is 12.7. The first-order valence-corrected chi connectivity index (χ1v) is 7.74. The molecule has 0 bridgehead atoms. The number of unbranched alkanes of at least 4 members (excludes halogenated alkanes) is 5. The molecule has 1 heterocycles.